The summed E-state index contributed by atoms with van der Waals surface area (Å²) >= 11 is 0. The lowest BCUT2D eigenvalue weighted by atomic mass is 10.2. The molecule has 1 amide bonds. The van der Waals surface area contributed by atoms with Crippen LogP contribution in [0.1, 0.15) is 18.4 Å². The number of rotatable bonds is 7. The molecule has 2 rings (SSSR count). The Hall–Kier alpha value is -2.49. The zero-order chi connectivity index (χ0) is 15.8. The van der Waals surface area contributed by atoms with Gasteiger partial charge in [0, 0.05) is 12.1 Å². The van der Waals surface area contributed by atoms with Crippen LogP contribution < -0.4 is 14.8 Å². The highest BCUT2D eigenvalue weighted by molar-refractivity contribution is 5.91. The second-order valence-electron chi connectivity index (χ2n) is 4.97. The Balaban J connectivity index is 1.75. The second kappa shape index (κ2) is 8.08. The van der Waals surface area contributed by atoms with Crippen molar-refractivity contribution in [3.05, 3.63) is 54.1 Å². The van der Waals surface area contributed by atoms with E-state index in [1.807, 2.05) is 55.5 Å². The topological polar surface area (TPSA) is 47.6 Å². The highest BCUT2D eigenvalue weighted by Crippen LogP contribution is 2.25. The number of carbonyl (C=O) groups is 1. The summed E-state index contributed by atoms with van der Waals surface area (Å²) in [5.74, 6) is 1.40. The first kappa shape index (κ1) is 15.9. The zero-order valence-electron chi connectivity index (χ0n) is 13.0. The van der Waals surface area contributed by atoms with Crippen molar-refractivity contribution in [2.45, 2.75) is 19.8 Å². The molecular formula is C18H21NO3. The van der Waals surface area contributed by atoms with E-state index in [-0.39, 0.29) is 5.91 Å². The first-order chi connectivity index (χ1) is 10.7. The Morgan fingerprint density at radius 3 is 2.45 bits per heavy atom. The van der Waals surface area contributed by atoms with E-state index < -0.39 is 0 Å². The van der Waals surface area contributed by atoms with Crippen molar-refractivity contribution in [3.63, 3.8) is 0 Å². The molecule has 0 heterocycles. The zero-order valence-corrected chi connectivity index (χ0v) is 13.0. The summed E-state index contributed by atoms with van der Waals surface area (Å²) in [6.45, 7) is 2.45. The number of benzene rings is 2. The standard InChI is InChI=1S/C18H21NO3/c1-14-8-3-4-9-15(14)19-18(20)12-7-13-22-17-11-6-5-10-16(17)21-2/h3-6,8-11H,7,12-13H2,1-2H3,(H,19,20). The third-order valence-electron chi connectivity index (χ3n) is 3.29. The number of hydrogen-bond donors (Lipinski definition) is 1. The van der Waals surface area contributed by atoms with Crippen molar-refractivity contribution in [2.75, 3.05) is 19.0 Å². The van der Waals surface area contributed by atoms with Crippen molar-refractivity contribution >= 4 is 11.6 Å². The molecule has 0 radical (unpaired) electrons. The minimum Gasteiger partial charge on any atom is -0.493 e. The highest BCUT2D eigenvalue weighted by Gasteiger charge is 2.06. The minimum absolute atomic E-state index is 0.00192. The van der Waals surface area contributed by atoms with Crippen LogP contribution in [0.5, 0.6) is 11.5 Å². The molecule has 4 heteroatoms. The van der Waals surface area contributed by atoms with Gasteiger partial charge in [-0.1, -0.05) is 30.3 Å². The third kappa shape index (κ3) is 4.52. The smallest absolute Gasteiger partial charge is 0.224 e. The summed E-state index contributed by atoms with van der Waals surface area (Å²) in [7, 11) is 1.61. The van der Waals surface area contributed by atoms with Crippen LogP contribution in [-0.4, -0.2) is 19.6 Å². The van der Waals surface area contributed by atoms with Crippen LogP contribution >= 0.6 is 0 Å². The molecule has 0 aliphatic carbocycles. The normalized spacial score (nSPS) is 10.1. The fourth-order valence-electron chi connectivity index (χ4n) is 2.08. The predicted octanol–water partition coefficient (Wildman–Crippen LogP) is 3.80. The highest BCUT2D eigenvalue weighted by atomic mass is 16.5. The van der Waals surface area contributed by atoms with E-state index in [9.17, 15) is 4.79 Å². The van der Waals surface area contributed by atoms with Gasteiger partial charge in [-0.2, -0.15) is 0 Å². The molecule has 0 aromatic heterocycles. The molecule has 0 bridgehead atoms. The summed E-state index contributed by atoms with van der Waals surface area (Å²) in [5, 5.41) is 2.91. The quantitative estimate of drug-likeness (QED) is 0.791. The van der Waals surface area contributed by atoms with Crippen LogP contribution in [-0.2, 0) is 4.79 Å². The lowest BCUT2D eigenvalue weighted by Crippen LogP contribution is -2.13. The van der Waals surface area contributed by atoms with Crippen molar-refractivity contribution in [1.82, 2.24) is 0 Å². The van der Waals surface area contributed by atoms with Gasteiger partial charge in [0.1, 0.15) is 0 Å². The van der Waals surface area contributed by atoms with Crippen LogP contribution in [0.15, 0.2) is 48.5 Å². The molecule has 22 heavy (non-hydrogen) atoms. The van der Waals surface area contributed by atoms with E-state index in [0.717, 1.165) is 11.3 Å². The summed E-state index contributed by atoms with van der Waals surface area (Å²) in [4.78, 5) is 11.9. The molecule has 0 fully saturated rings. The van der Waals surface area contributed by atoms with Gasteiger partial charge in [-0.3, -0.25) is 4.79 Å². The van der Waals surface area contributed by atoms with Gasteiger partial charge in [-0.05, 0) is 37.1 Å². The maximum atomic E-state index is 11.9. The lowest BCUT2D eigenvalue weighted by Gasteiger charge is -2.10. The first-order valence-electron chi connectivity index (χ1n) is 7.32. The van der Waals surface area contributed by atoms with Gasteiger partial charge >= 0.3 is 0 Å². The van der Waals surface area contributed by atoms with Gasteiger partial charge in [0.15, 0.2) is 11.5 Å². The number of aryl methyl sites for hydroxylation is 1. The number of para-hydroxylation sites is 3. The fourth-order valence-corrected chi connectivity index (χ4v) is 2.08. The molecule has 2 aromatic rings. The van der Waals surface area contributed by atoms with E-state index in [1.54, 1.807) is 7.11 Å². The van der Waals surface area contributed by atoms with Crippen LogP contribution in [0.2, 0.25) is 0 Å². The average molecular weight is 299 g/mol. The second-order valence-corrected chi connectivity index (χ2v) is 4.97. The van der Waals surface area contributed by atoms with Gasteiger partial charge < -0.3 is 14.8 Å². The number of amides is 1. The average Bonchev–Trinajstić information content (AvgIpc) is 2.54. The van der Waals surface area contributed by atoms with Crippen molar-refractivity contribution in [3.8, 4) is 11.5 Å². The predicted molar refractivity (Wildman–Crippen MR) is 87.5 cm³/mol. The van der Waals surface area contributed by atoms with E-state index >= 15 is 0 Å². The maximum Gasteiger partial charge on any atom is 0.224 e. The Kier molecular flexibility index (Phi) is 5.83. The van der Waals surface area contributed by atoms with Crippen LogP contribution in [0, 0.1) is 6.92 Å². The number of carbonyl (C=O) groups excluding carboxylic acids is 1. The molecule has 116 valence electrons. The molecule has 0 spiro atoms. The Morgan fingerprint density at radius 2 is 1.73 bits per heavy atom. The first-order valence-corrected chi connectivity index (χ1v) is 7.32. The van der Waals surface area contributed by atoms with Crippen LogP contribution in [0.3, 0.4) is 0 Å². The number of hydrogen-bond acceptors (Lipinski definition) is 3. The number of nitrogens with one attached hydrogen (secondary N) is 1. The summed E-state index contributed by atoms with van der Waals surface area (Å²) in [6.07, 6.45) is 1.07. The van der Waals surface area contributed by atoms with Gasteiger partial charge in [0.05, 0.1) is 13.7 Å². The van der Waals surface area contributed by atoms with Crippen molar-refractivity contribution in [2.24, 2.45) is 0 Å². The molecule has 0 atom stereocenters. The molecular weight excluding hydrogens is 278 g/mol. The minimum atomic E-state index is -0.00192. The molecule has 0 aliphatic rings. The molecule has 1 N–H and O–H groups in total. The monoisotopic (exact) mass is 299 g/mol. The molecule has 0 saturated carbocycles. The molecule has 0 aliphatic heterocycles. The maximum absolute atomic E-state index is 11.9. The Labute approximate surface area is 131 Å². The largest absolute Gasteiger partial charge is 0.493 e. The fraction of sp³-hybridized carbons (Fsp3) is 0.278. The lowest BCUT2D eigenvalue weighted by molar-refractivity contribution is -0.116. The van der Waals surface area contributed by atoms with E-state index in [1.165, 1.54) is 0 Å². The van der Waals surface area contributed by atoms with E-state index in [2.05, 4.69) is 5.32 Å². The van der Waals surface area contributed by atoms with Gasteiger partial charge in [-0.15, -0.1) is 0 Å². The van der Waals surface area contributed by atoms with Gasteiger partial charge in [0.2, 0.25) is 5.91 Å². The van der Waals surface area contributed by atoms with Crippen LogP contribution in [0.25, 0.3) is 0 Å². The van der Waals surface area contributed by atoms with Gasteiger partial charge in [0.25, 0.3) is 0 Å². The van der Waals surface area contributed by atoms with Crippen molar-refractivity contribution in [1.29, 1.82) is 0 Å². The number of methoxy groups -OCH3 is 1. The Morgan fingerprint density at radius 1 is 1.05 bits per heavy atom. The third-order valence-corrected chi connectivity index (χ3v) is 3.29. The number of ether oxygens (including phenoxy) is 2. The summed E-state index contributed by atoms with van der Waals surface area (Å²) < 4.78 is 10.9. The summed E-state index contributed by atoms with van der Waals surface area (Å²) in [5.41, 5.74) is 1.92. The van der Waals surface area contributed by atoms with Crippen molar-refractivity contribution < 1.29 is 14.3 Å². The molecule has 2 aromatic carbocycles. The summed E-state index contributed by atoms with van der Waals surface area (Å²) in [6, 6.07) is 15.2. The van der Waals surface area contributed by atoms with Gasteiger partial charge in [-0.25, -0.2) is 0 Å². The van der Waals surface area contributed by atoms with E-state index in [4.69, 9.17) is 9.47 Å². The molecule has 0 unspecified atom stereocenters. The Bertz CT molecular complexity index is 625. The molecule has 4 nitrogen and oxygen atoms in total. The van der Waals surface area contributed by atoms with Crippen LogP contribution in [0.4, 0.5) is 5.69 Å². The SMILES string of the molecule is COc1ccccc1OCCCC(=O)Nc1ccccc1C. The molecule has 0 saturated heterocycles. The number of anilines is 1. The van der Waals surface area contributed by atoms with E-state index in [0.29, 0.717) is 30.9 Å².